The number of aliphatic hydroxyl groups is 1. The van der Waals surface area contributed by atoms with E-state index in [1.807, 2.05) is 0 Å². The molecule has 3 aromatic rings. The van der Waals surface area contributed by atoms with Crippen molar-refractivity contribution in [2.24, 2.45) is 0 Å². The van der Waals surface area contributed by atoms with Gasteiger partial charge in [0.2, 0.25) is 6.79 Å². The van der Waals surface area contributed by atoms with Gasteiger partial charge in [0, 0.05) is 34.5 Å². The first-order chi connectivity index (χ1) is 16.3. The molecule has 2 aliphatic rings. The highest BCUT2D eigenvalue weighted by Crippen LogP contribution is 2.45. The van der Waals surface area contributed by atoms with E-state index in [0.717, 1.165) is 6.07 Å². The number of fused-ring (bicyclic) bond motifs is 1. The van der Waals surface area contributed by atoms with Gasteiger partial charge in [-0.25, -0.2) is 0 Å². The number of benzene rings is 3. The van der Waals surface area contributed by atoms with Crippen molar-refractivity contribution in [3.63, 3.8) is 0 Å². The molecule has 5 rings (SSSR count). The predicted octanol–water partition coefficient (Wildman–Crippen LogP) is 4.60. The molecule has 170 valence electrons. The second-order valence-electron chi connectivity index (χ2n) is 7.57. The van der Waals surface area contributed by atoms with Gasteiger partial charge in [0.25, 0.3) is 17.4 Å². The van der Waals surface area contributed by atoms with Gasteiger partial charge >= 0.3 is 0 Å². The smallest absolute Gasteiger partial charge is 0.300 e. The number of halogens is 1. The molecule has 1 fully saturated rings. The highest BCUT2D eigenvalue weighted by molar-refractivity contribution is 6.51. The van der Waals surface area contributed by atoms with Crippen LogP contribution in [0, 0.1) is 10.1 Å². The molecule has 1 atom stereocenters. The molecule has 0 radical (unpaired) electrons. The number of rotatable bonds is 4. The Hall–Kier alpha value is -4.37. The molecule has 10 heteroatoms. The summed E-state index contributed by atoms with van der Waals surface area (Å²) in [4.78, 5) is 38.2. The van der Waals surface area contributed by atoms with E-state index in [-0.39, 0.29) is 23.6 Å². The van der Waals surface area contributed by atoms with Gasteiger partial charge in [0.1, 0.15) is 5.76 Å². The summed E-state index contributed by atoms with van der Waals surface area (Å²) in [6.45, 7) is 0.0327. The summed E-state index contributed by atoms with van der Waals surface area (Å²) in [5.74, 6) is -1.41. The first-order valence-corrected chi connectivity index (χ1v) is 10.4. The molecule has 0 saturated carbocycles. The molecular formula is C24H15ClN2O7. The van der Waals surface area contributed by atoms with Crippen LogP contribution in [-0.2, 0) is 9.59 Å². The van der Waals surface area contributed by atoms with E-state index in [2.05, 4.69) is 0 Å². The Morgan fingerprint density at radius 3 is 2.50 bits per heavy atom. The fourth-order valence-corrected chi connectivity index (χ4v) is 4.14. The van der Waals surface area contributed by atoms with Crippen LogP contribution in [0.5, 0.6) is 11.5 Å². The number of hydrogen-bond acceptors (Lipinski definition) is 7. The van der Waals surface area contributed by atoms with E-state index in [4.69, 9.17) is 21.1 Å². The Morgan fingerprint density at radius 2 is 1.76 bits per heavy atom. The lowest BCUT2D eigenvalue weighted by Gasteiger charge is -2.25. The highest BCUT2D eigenvalue weighted by atomic mass is 35.5. The molecule has 2 aliphatic heterocycles. The average Bonchev–Trinajstić information content (AvgIpc) is 3.41. The molecule has 0 aromatic heterocycles. The fourth-order valence-electron chi connectivity index (χ4n) is 4.02. The number of nitro benzene ring substituents is 1. The van der Waals surface area contributed by atoms with E-state index in [0.29, 0.717) is 27.8 Å². The molecule has 3 aromatic carbocycles. The van der Waals surface area contributed by atoms with Crippen molar-refractivity contribution in [1.82, 2.24) is 0 Å². The van der Waals surface area contributed by atoms with Crippen molar-refractivity contribution < 1.29 is 29.1 Å². The number of aliphatic hydroxyl groups excluding tert-OH is 1. The van der Waals surface area contributed by atoms with Gasteiger partial charge in [-0.15, -0.1) is 0 Å². The van der Waals surface area contributed by atoms with Crippen LogP contribution in [0.25, 0.3) is 5.76 Å². The number of carbonyl (C=O) groups is 2. The van der Waals surface area contributed by atoms with Gasteiger partial charge in [0.15, 0.2) is 11.5 Å². The second kappa shape index (κ2) is 8.20. The van der Waals surface area contributed by atoms with Crippen molar-refractivity contribution in [2.45, 2.75) is 6.04 Å². The van der Waals surface area contributed by atoms with Gasteiger partial charge in [-0.2, -0.15) is 0 Å². The maximum Gasteiger partial charge on any atom is 0.300 e. The largest absolute Gasteiger partial charge is 0.507 e. The number of nitro groups is 1. The molecule has 0 aliphatic carbocycles. The molecule has 1 unspecified atom stereocenters. The quantitative estimate of drug-likeness (QED) is 0.191. The summed E-state index contributed by atoms with van der Waals surface area (Å²) in [7, 11) is 0. The number of carbonyl (C=O) groups excluding carboxylic acids is 2. The van der Waals surface area contributed by atoms with Gasteiger partial charge in [-0.3, -0.25) is 24.6 Å². The van der Waals surface area contributed by atoms with Crippen molar-refractivity contribution in [3.05, 3.63) is 98.6 Å². The Morgan fingerprint density at radius 1 is 1.03 bits per heavy atom. The predicted molar refractivity (Wildman–Crippen MR) is 122 cm³/mol. The summed E-state index contributed by atoms with van der Waals surface area (Å²) < 4.78 is 10.7. The Labute approximate surface area is 197 Å². The van der Waals surface area contributed by atoms with Gasteiger partial charge in [-0.1, -0.05) is 35.9 Å². The lowest BCUT2D eigenvalue weighted by molar-refractivity contribution is -0.384. The molecular weight excluding hydrogens is 464 g/mol. The van der Waals surface area contributed by atoms with Gasteiger partial charge < -0.3 is 14.6 Å². The van der Waals surface area contributed by atoms with E-state index in [1.165, 1.54) is 23.1 Å². The third-order valence-corrected chi connectivity index (χ3v) is 5.85. The minimum atomic E-state index is -1.02. The number of ether oxygens (including phenoxy) is 2. The standard InChI is InChI=1S/C24H15ClN2O7/c25-15-6-4-13(5-7-15)21-20(22(28)14-2-1-3-17(10-14)27(31)32)23(29)24(30)26(21)16-8-9-18-19(11-16)34-12-33-18/h1-11,21,28H,12H2/b22-20+. The zero-order valence-corrected chi connectivity index (χ0v) is 18.1. The normalized spacial score (nSPS) is 18.4. The maximum absolute atomic E-state index is 13.2. The molecule has 9 nitrogen and oxygen atoms in total. The van der Waals surface area contributed by atoms with Crippen LogP contribution in [0.15, 0.2) is 72.3 Å². The SMILES string of the molecule is O=C1C(=O)N(c2ccc3c(c2)OCO3)C(c2ccc(Cl)cc2)/C1=C(\O)c1cccc([N+](=O)[O-])c1. The number of nitrogens with zero attached hydrogens (tertiary/aromatic N) is 2. The third-order valence-electron chi connectivity index (χ3n) is 5.59. The number of hydrogen-bond donors (Lipinski definition) is 1. The monoisotopic (exact) mass is 478 g/mol. The number of ketones is 1. The van der Waals surface area contributed by atoms with Crippen LogP contribution in [0.3, 0.4) is 0 Å². The van der Waals surface area contributed by atoms with Crippen LogP contribution >= 0.6 is 11.6 Å². The van der Waals surface area contributed by atoms with Crippen LogP contribution in [0.1, 0.15) is 17.2 Å². The summed E-state index contributed by atoms with van der Waals surface area (Å²) >= 11 is 6.03. The third kappa shape index (κ3) is 3.52. The van der Waals surface area contributed by atoms with Gasteiger partial charge in [-0.05, 0) is 29.8 Å². The molecule has 2 heterocycles. The van der Waals surface area contributed by atoms with Crippen molar-refractivity contribution >= 4 is 40.4 Å². The Bertz CT molecular complexity index is 1380. The topological polar surface area (TPSA) is 119 Å². The number of anilines is 1. The lowest BCUT2D eigenvalue weighted by atomic mass is 9.95. The summed E-state index contributed by atoms with van der Waals surface area (Å²) in [6.07, 6.45) is 0. The van der Waals surface area contributed by atoms with Crippen molar-refractivity contribution in [2.75, 3.05) is 11.7 Å². The second-order valence-corrected chi connectivity index (χ2v) is 8.00. The average molecular weight is 479 g/mol. The first kappa shape index (κ1) is 21.5. The molecule has 34 heavy (non-hydrogen) atoms. The molecule has 0 bridgehead atoms. The number of Topliss-reactive ketones (excluding diaryl/α,β-unsaturated/α-hetero) is 1. The van der Waals surface area contributed by atoms with E-state index in [9.17, 15) is 24.8 Å². The van der Waals surface area contributed by atoms with Crippen molar-refractivity contribution in [3.8, 4) is 11.5 Å². The van der Waals surface area contributed by atoms with Gasteiger partial charge in [0.05, 0.1) is 16.5 Å². The Balaban J connectivity index is 1.70. The van der Waals surface area contributed by atoms with Crippen LogP contribution in [0.4, 0.5) is 11.4 Å². The summed E-state index contributed by atoms with van der Waals surface area (Å²) in [5, 5.41) is 22.8. The minimum absolute atomic E-state index is 0.0327. The van der Waals surface area contributed by atoms with Crippen molar-refractivity contribution in [1.29, 1.82) is 0 Å². The number of non-ortho nitro benzene ring substituents is 1. The molecule has 1 amide bonds. The summed E-state index contributed by atoms with van der Waals surface area (Å²) in [5.41, 5.74) is 0.428. The first-order valence-electron chi connectivity index (χ1n) is 10.1. The fraction of sp³-hybridized carbons (Fsp3) is 0.0833. The van der Waals surface area contributed by atoms with E-state index >= 15 is 0 Å². The van der Waals surface area contributed by atoms with E-state index in [1.54, 1.807) is 42.5 Å². The van der Waals surface area contributed by atoms with E-state index < -0.39 is 28.4 Å². The Kier molecular flexibility index (Phi) is 5.18. The molecule has 0 spiro atoms. The minimum Gasteiger partial charge on any atom is -0.507 e. The zero-order chi connectivity index (χ0) is 24.0. The maximum atomic E-state index is 13.2. The highest BCUT2D eigenvalue weighted by Gasteiger charge is 2.47. The van der Waals surface area contributed by atoms with Crippen LogP contribution < -0.4 is 14.4 Å². The summed E-state index contributed by atoms with van der Waals surface area (Å²) in [6, 6.07) is 15.5. The number of amides is 1. The lowest BCUT2D eigenvalue weighted by Crippen LogP contribution is -2.29. The molecule has 1 N–H and O–H groups in total. The molecule has 1 saturated heterocycles. The zero-order valence-electron chi connectivity index (χ0n) is 17.3. The van der Waals surface area contributed by atoms with Crippen LogP contribution in [-0.4, -0.2) is 28.5 Å². The van der Waals surface area contributed by atoms with Crippen LogP contribution in [0.2, 0.25) is 5.02 Å².